The quantitative estimate of drug-likeness (QED) is 0.638. The topological polar surface area (TPSA) is 55.4 Å². The molecule has 1 aromatic carbocycles. The number of rotatable bonds is 4. The Hall–Kier alpha value is -1.69. The van der Waals surface area contributed by atoms with E-state index in [2.05, 4.69) is 19.2 Å². The van der Waals surface area contributed by atoms with Crippen LogP contribution in [-0.4, -0.2) is 24.0 Å². The zero-order chi connectivity index (χ0) is 18.7. The Bertz CT molecular complexity index is 668. The van der Waals surface area contributed by atoms with Crippen LogP contribution in [-0.2, 0) is 9.53 Å². The molecule has 0 heterocycles. The molecule has 0 aliphatic heterocycles. The average Bonchev–Trinajstić information content (AvgIpc) is 2.54. The Kier molecular flexibility index (Phi) is 6.38. The molecule has 2 rings (SSSR count). The Labute approximate surface area is 150 Å². The van der Waals surface area contributed by atoms with E-state index < -0.39 is 29.6 Å². The third-order valence-corrected chi connectivity index (χ3v) is 5.23. The molecule has 1 amide bonds. The lowest BCUT2D eigenvalue weighted by molar-refractivity contribution is -0.130. The summed E-state index contributed by atoms with van der Waals surface area (Å²) in [6, 6.07) is 1.39. The van der Waals surface area contributed by atoms with E-state index in [9.17, 15) is 18.4 Å². The Morgan fingerprint density at radius 1 is 1.24 bits per heavy atom. The monoisotopic (exact) mass is 373 g/mol. The van der Waals surface area contributed by atoms with Crippen LogP contribution in [0, 0.1) is 23.5 Å². The highest BCUT2D eigenvalue weighted by Gasteiger charge is 2.30. The van der Waals surface area contributed by atoms with E-state index in [0.717, 1.165) is 19.3 Å². The van der Waals surface area contributed by atoms with Crippen molar-refractivity contribution in [2.24, 2.45) is 11.8 Å². The maximum absolute atomic E-state index is 13.3. The molecule has 0 aromatic heterocycles. The standard InChI is InChI=1S/C18H22ClF2NO3/c1-9-5-4-6-16(10(9)2)22-17(23)11(3)25-18(24)12-7-14(20)15(21)8-13(12)19/h7-11,16H,4-6H2,1-3H3,(H,22,23)/t9-,10-,11-,16-/m1/s1. The van der Waals surface area contributed by atoms with Gasteiger partial charge in [0.1, 0.15) is 0 Å². The van der Waals surface area contributed by atoms with Crippen LogP contribution in [0.5, 0.6) is 0 Å². The SMILES string of the molecule is C[C@@H]1[C@H](C)CCC[C@H]1NC(=O)[C@@H](C)OC(=O)c1cc(F)c(F)cc1Cl. The summed E-state index contributed by atoms with van der Waals surface area (Å²) in [7, 11) is 0. The van der Waals surface area contributed by atoms with Gasteiger partial charge >= 0.3 is 5.97 Å². The van der Waals surface area contributed by atoms with Crippen LogP contribution in [0.1, 0.15) is 50.4 Å². The van der Waals surface area contributed by atoms with Crippen LogP contribution < -0.4 is 5.32 Å². The lowest BCUT2D eigenvalue weighted by atomic mass is 9.78. The van der Waals surface area contributed by atoms with Gasteiger partial charge in [-0.25, -0.2) is 13.6 Å². The number of carbonyl (C=O) groups is 2. The first-order valence-corrected chi connectivity index (χ1v) is 8.74. The lowest BCUT2D eigenvalue weighted by Crippen LogP contribution is -2.47. The van der Waals surface area contributed by atoms with Gasteiger partial charge in [-0.2, -0.15) is 0 Å². The molecule has 7 heteroatoms. The van der Waals surface area contributed by atoms with Crippen molar-refractivity contribution in [3.63, 3.8) is 0 Å². The van der Waals surface area contributed by atoms with Crippen molar-refractivity contribution in [3.05, 3.63) is 34.4 Å². The number of amides is 1. The van der Waals surface area contributed by atoms with Crippen molar-refractivity contribution < 1.29 is 23.1 Å². The second-order valence-electron chi connectivity index (χ2n) is 6.68. The van der Waals surface area contributed by atoms with E-state index in [4.69, 9.17) is 16.3 Å². The van der Waals surface area contributed by atoms with E-state index in [1.54, 1.807) is 0 Å². The second kappa shape index (κ2) is 8.13. The molecular formula is C18H22ClF2NO3. The minimum atomic E-state index is -1.21. The molecule has 4 nitrogen and oxygen atoms in total. The minimum Gasteiger partial charge on any atom is -0.449 e. The third-order valence-electron chi connectivity index (χ3n) is 4.92. The number of benzene rings is 1. The summed E-state index contributed by atoms with van der Waals surface area (Å²) in [5, 5.41) is 2.64. The third kappa shape index (κ3) is 4.69. The van der Waals surface area contributed by atoms with Gasteiger partial charge in [0.25, 0.3) is 5.91 Å². The van der Waals surface area contributed by atoms with E-state index >= 15 is 0 Å². The van der Waals surface area contributed by atoms with Gasteiger partial charge in [-0.3, -0.25) is 4.79 Å². The first-order valence-electron chi connectivity index (χ1n) is 8.36. The number of nitrogens with one attached hydrogen (secondary N) is 1. The molecule has 1 aliphatic rings. The summed E-state index contributed by atoms with van der Waals surface area (Å²) in [4.78, 5) is 24.4. The highest BCUT2D eigenvalue weighted by Crippen LogP contribution is 2.29. The van der Waals surface area contributed by atoms with Crippen molar-refractivity contribution in [3.8, 4) is 0 Å². The van der Waals surface area contributed by atoms with Gasteiger partial charge < -0.3 is 10.1 Å². The fourth-order valence-corrected chi connectivity index (χ4v) is 3.27. The number of esters is 1. The van der Waals surface area contributed by atoms with Crippen LogP contribution in [0.25, 0.3) is 0 Å². The van der Waals surface area contributed by atoms with Gasteiger partial charge in [0.05, 0.1) is 10.6 Å². The van der Waals surface area contributed by atoms with E-state index in [1.165, 1.54) is 6.92 Å². The van der Waals surface area contributed by atoms with E-state index in [-0.39, 0.29) is 16.6 Å². The van der Waals surface area contributed by atoms with Gasteiger partial charge in [0.2, 0.25) is 0 Å². The lowest BCUT2D eigenvalue weighted by Gasteiger charge is -2.35. The zero-order valence-electron chi connectivity index (χ0n) is 14.4. The molecule has 0 radical (unpaired) electrons. The first-order chi connectivity index (χ1) is 11.7. The number of ether oxygens (including phenoxy) is 1. The summed E-state index contributed by atoms with van der Waals surface area (Å²) in [5.41, 5.74) is -0.320. The highest BCUT2D eigenvalue weighted by molar-refractivity contribution is 6.33. The predicted octanol–water partition coefficient (Wildman–Crippen LogP) is 4.10. The number of carbonyl (C=O) groups excluding carboxylic acids is 2. The normalized spacial score (nSPS) is 24.5. The second-order valence-corrected chi connectivity index (χ2v) is 7.08. The van der Waals surface area contributed by atoms with Gasteiger partial charge in [-0.05, 0) is 37.3 Å². The van der Waals surface area contributed by atoms with Crippen LogP contribution in [0.15, 0.2) is 12.1 Å². The van der Waals surface area contributed by atoms with Crippen molar-refractivity contribution in [1.82, 2.24) is 5.32 Å². The molecule has 0 bridgehead atoms. The molecule has 138 valence electrons. The smallest absolute Gasteiger partial charge is 0.340 e. The summed E-state index contributed by atoms with van der Waals surface area (Å²) in [6.45, 7) is 5.67. The Morgan fingerprint density at radius 2 is 1.88 bits per heavy atom. The first kappa shape index (κ1) is 19.6. The molecule has 4 atom stereocenters. The number of halogens is 3. The maximum Gasteiger partial charge on any atom is 0.340 e. The average molecular weight is 374 g/mol. The summed E-state index contributed by atoms with van der Waals surface area (Å²) < 4.78 is 31.4. The van der Waals surface area contributed by atoms with Crippen molar-refractivity contribution >= 4 is 23.5 Å². The molecule has 0 saturated heterocycles. The molecule has 1 N–H and O–H groups in total. The van der Waals surface area contributed by atoms with Gasteiger partial charge in [-0.15, -0.1) is 0 Å². The fraction of sp³-hybridized carbons (Fsp3) is 0.556. The molecule has 1 aliphatic carbocycles. The van der Waals surface area contributed by atoms with Crippen LogP contribution in [0.2, 0.25) is 5.02 Å². The maximum atomic E-state index is 13.3. The Morgan fingerprint density at radius 3 is 2.56 bits per heavy atom. The van der Waals surface area contributed by atoms with E-state index in [1.807, 2.05) is 0 Å². The number of hydrogen-bond donors (Lipinski definition) is 1. The van der Waals surface area contributed by atoms with Crippen LogP contribution in [0.3, 0.4) is 0 Å². The van der Waals surface area contributed by atoms with Crippen LogP contribution in [0.4, 0.5) is 8.78 Å². The van der Waals surface area contributed by atoms with E-state index in [0.29, 0.717) is 24.0 Å². The van der Waals surface area contributed by atoms with Crippen LogP contribution >= 0.6 is 11.6 Å². The van der Waals surface area contributed by atoms with Crippen molar-refractivity contribution in [2.45, 2.75) is 52.2 Å². The molecule has 1 aromatic rings. The van der Waals surface area contributed by atoms with Crippen molar-refractivity contribution in [1.29, 1.82) is 0 Å². The molecule has 1 saturated carbocycles. The Balaban J connectivity index is 1.99. The largest absolute Gasteiger partial charge is 0.449 e. The van der Waals surface area contributed by atoms with Gasteiger partial charge in [0, 0.05) is 6.04 Å². The molecule has 0 spiro atoms. The fourth-order valence-electron chi connectivity index (χ4n) is 3.04. The molecule has 25 heavy (non-hydrogen) atoms. The summed E-state index contributed by atoms with van der Waals surface area (Å²) >= 11 is 5.74. The zero-order valence-corrected chi connectivity index (χ0v) is 15.2. The molecule has 1 fully saturated rings. The predicted molar refractivity (Wildman–Crippen MR) is 90.4 cm³/mol. The highest BCUT2D eigenvalue weighted by atomic mass is 35.5. The minimum absolute atomic E-state index is 0.0317. The molecule has 0 unspecified atom stereocenters. The van der Waals surface area contributed by atoms with Gasteiger partial charge in [-0.1, -0.05) is 38.3 Å². The number of hydrogen-bond acceptors (Lipinski definition) is 3. The van der Waals surface area contributed by atoms with Crippen molar-refractivity contribution in [2.75, 3.05) is 0 Å². The van der Waals surface area contributed by atoms with Gasteiger partial charge in [0.15, 0.2) is 17.7 Å². The molecular weight excluding hydrogens is 352 g/mol. The summed E-state index contributed by atoms with van der Waals surface area (Å²) in [5.74, 6) is -2.92. The summed E-state index contributed by atoms with van der Waals surface area (Å²) in [6.07, 6.45) is 1.98.